The molecule has 2 heterocycles. The van der Waals surface area contributed by atoms with Crippen LogP contribution in [0.25, 0.3) is 10.9 Å². The van der Waals surface area contributed by atoms with E-state index in [0.29, 0.717) is 19.6 Å². The third-order valence-corrected chi connectivity index (χ3v) is 4.53. The van der Waals surface area contributed by atoms with Crippen LogP contribution in [0.15, 0.2) is 30.3 Å². The molecule has 1 aromatic heterocycles. The first-order valence-corrected chi connectivity index (χ1v) is 8.69. The molecule has 1 aromatic carbocycles. The standard InChI is InChI=1S/C19H23N5O.2ClH/c1-14-11-18(23-17-7-3-2-6-16(14)17)22-9-8-21-13-19(25)24-10-4-5-15(24)12-20;;/h2-3,6-7,11,15,21H,4-5,8-10,13H2,1H3,(H,22,23);2*1H/t15-;;/m0../s1. The molecule has 1 saturated heterocycles. The van der Waals surface area contributed by atoms with Gasteiger partial charge in [-0.1, -0.05) is 18.2 Å². The van der Waals surface area contributed by atoms with E-state index in [9.17, 15) is 4.79 Å². The maximum Gasteiger partial charge on any atom is 0.237 e. The Morgan fingerprint density at radius 1 is 1.33 bits per heavy atom. The summed E-state index contributed by atoms with van der Waals surface area (Å²) in [4.78, 5) is 18.4. The number of fused-ring (bicyclic) bond motifs is 1. The molecular formula is C19H25Cl2N5O. The van der Waals surface area contributed by atoms with E-state index in [-0.39, 0.29) is 43.3 Å². The summed E-state index contributed by atoms with van der Waals surface area (Å²) in [6.45, 7) is 4.37. The van der Waals surface area contributed by atoms with Gasteiger partial charge in [0.2, 0.25) is 5.91 Å². The van der Waals surface area contributed by atoms with Gasteiger partial charge in [-0.25, -0.2) is 4.98 Å². The number of nitriles is 1. The number of carbonyl (C=O) groups is 1. The molecule has 1 amide bonds. The summed E-state index contributed by atoms with van der Waals surface area (Å²) in [5, 5.41) is 16.6. The number of nitrogens with zero attached hydrogens (tertiary/aromatic N) is 3. The molecule has 1 atom stereocenters. The van der Waals surface area contributed by atoms with Crippen molar-refractivity contribution in [3.8, 4) is 6.07 Å². The molecule has 1 aliphatic rings. The molecule has 1 aliphatic heterocycles. The molecule has 146 valence electrons. The van der Waals surface area contributed by atoms with Crippen LogP contribution in [0.1, 0.15) is 18.4 Å². The average Bonchev–Trinajstić information content (AvgIpc) is 3.10. The second kappa shape index (κ2) is 10.9. The molecule has 0 radical (unpaired) electrons. The lowest BCUT2D eigenvalue weighted by atomic mass is 10.1. The minimum absolute atomic E-state index is 0. The molecule has 6 nitrogen and oxygen atoms in total. The first kappa shape index (κ1) is 23.0. The van der Waals surface area contributed by atoms with E-state index in [2.05, 4.69) is 34.7 Å². The maximum absolute atomic E-state index is 12.1. The summed E-state index contributed by atoms with van der Waals surface area (Å²) in [5.41, 5.74) is 2.16. The number of aryl methyl sites for hydroxylation is 1. The summed E-state index contributed by atoms with van der Waals surface area (Å²) in [6.07, 6.45) is 1.70. The average molecular weight is 410 g/mol. The normalized spacial score (nSPS) is 15.6. The van der Waals surface area contributed by atoms with Gasteiger partial charge in [0.1, 0.15) is 11.9 Å². The number of aromatic nitrogens is 1. The molecular weight excluding hydrogens is 385 g/mol. The highest BCUT2D eigenvalue weighted by Gasteiger charge is 2.27. The minimum atomic E-state index is -0.253. The van der Waals surface area contributed by atoms with Gasteiger partial charge in [-0.15, -0.1) is 24.8 Å². The molecule has 0 aliphatic carbocycles. The lowest BCUT2D eigenvalue weighted by Crippen LogP contribution is -2.41. The largest absolute Gasteiger partial charge is 0.369 e. The van der Waals surface area contributed by atoms with Crippen molar-refractivity contribution in [1.29, 1.82) is 5.26 Å². The lowest BCUT2D eigenvalue weighted by Gasteiger charge is -2.19. The summed E-state index contributed by atoms with van der Waals surface area (Å²) in [6, 6.07) is 12.1. The number of benzene rings is 1. The predicted octanol–water partition coefficient (Wildman–Crippen LogP) is 2.90. The fraction of sp³-hybridized carbons (Fsp3) is 0.421. The zero-order valence-electron chi connectivity index (χ0n) is 15.3. The van der Waals surface area contributed by atoms with Crippen LogP contribution >= 0.6 is 24.8 Å². The number of anilines is 1. The van der Waals surface area contributed by atoms with Crippen LogP contribution in [0, 0.1) is 18.3 Å². The number of nitrogens with one attached hydrogen (secondary N) is 2. The van der Waals surface area contributed by atoms with E-state index in [4.69, 9.17) is 5.26 Å². The van der Waals surface area contributed by atoms with Crippen LogP contribution < -0.4 is 10.6 Å². The van der Waals surface area contributed by atoms with Crippen LogP contribution in [0.5, 0.6) is 0 Å². The van der Waals surface area contributed by atoms with Gasteiger partial charge in [-0.05, 0) is 37.5 Å². The van der Waals surface area contributed by atoms with Crippen molar-refractivity contribution in [3.05, 3.63) is 35.9 Å². The van der Waals surface area contributed by atoms with Crippen LogP contribution in [0.3, 0.4) is 0 Å². The molecule has 27 heavy (non-hydrogen) atoms. The minimum Gasteiger partial charge on any atom is -0.369 e. The Kier molecular flexibility index (Phi) is 9.30. The maximum atomic E-state index is 12.1. The van der Waals surface area contributed by atoms with Gasteiger partial charge >= 0.3 is 0 Å². The van der Waals surface area contributed by atoms with Gasteiger partial charge in [-0.3, -0.25) is 4.79 Å². The number of halogens is 2. The van der Waals surface area contributed by atoms with Crippen molar-refractivity contribution >= 4 is 47.4 Å². The number of carbonyl (C=O) groups excluding carboxylic acids is 1. The Labute approximate surface area is 172 Å². The Hall–Kier alpha value is -2.07. The number of hydrogen-bond donors (Lipinski definition) is 2. The highest BCUT2D eigenvalue weighted by molar-refractivity contribution is 5.86. The zero-order valence-corrected chi connectivity index (χ0v) is 16.9. The molecule has 3 rings (SSSR count). The van der Waals surface area contributed by atoms with Crippen LogP contribution in [-0.2, 0) is 4.79 Å². The highest BCUT2D eigenvalue weighted by atomic mass is 35.5. The quantitative estimate of drug-likeness (QED) is 0.716. The van der Waals surface area contributed by atoms with E-state index in [1.807, 2.05) is 24.3 Å². The molecule has 0 unspecified atom stereocenters. The number of pyridine rings is 1. The van der Waals surface area contributed by atoms with Gasteiger partial charge in [0, 0.05) is 25.0 Å². The van der Waals surface area contributed by atoms with Gasteiger partial charge in [-0.2, -0.15) is 5.26 Å². The Morgan fingerprint density at radius 3 is 2.89 bits per heavy atom. The molecule has 2 aromatic rings. The van der Waals surface area contributed by atoms with Crippen molar-refractivity contribution in [3.63, 3.8) is 0 Å². The fourth-order valence-corrected chi connectivity index (χ4v) is 3.22. The monoisotopic (exact) mass is 409 g/mol. The van der Waals surface area contributed by atoms with Gasteiger partial charge in [0.25, 0.3) is 0 Å². The summed E-state index contributed by atoms with van der Waals surface area (Å²) < 4.78 is 0. The molecule has 0 bridgehead atoms. The smallest absolute Gasteiger partial charge is 0.237 e. The predicted molar refractivity (Wildman–Crippen MR) is 113 cm³/mol. The Morgan fingerprint density at radius 2 is 2.11 bits per heavy atom. The topological polar surface area (TPSA) is 81.0 Å². The number of amides is 1. The van der Waals surface area contributed by atoms with Crippen molar-refractivity contribution in [2.45, 2.75) is 25.8 Å². The Bertz CT molecular complexity index is 808. The second-order valence-corrected chi connectivity index (χ2v) is 6.32. The lowest BCUT2D eigenvalue weighted by molar-refractivity contribution is -0.130. The molecule has 2 N–H and O–H groups in total. The number of para-hydroxylation sites is 1. The van der Waals surface area contributed by atoms with E-state index >= 15 is 0 Å². The van der Waals surface area contributed by atoms with Crippen LogP contribution in [-0.4, -0.2) is 48.0 Å². The van der Waals surface area contributed by atoms with Crippen molar-refractivity contribution in [2.24, 2.45) is 0 Å². The second-order valence-electron chi connectivity index (χ2n) is 6.32. The molecule has 0 spiro atoms. The van der Waals surface area contributed by atoms with E-state index in [1.54, 1.807) is 4.90 Å². The third kappa shape index (κ3) is 5.70. The summed E-state index contributed by atoms with van der Waals surface area (Å²) >= 11 is 0. The van der Waals surface area contributed by atoms with Crippen molar-refractivity contribution in [1.82, 2.24) is 15.2 Å². The first-order valence-electron chi connectivity index (χ1n) is 8.69. The Balaban J connectivity index is 0.00000182. The van der Waals surface area contributed by atoms with E-state index in [1.165, 1.54) is 5.56 Å². The van der Waals surface area contributed by atoms with Gasteiger partial charge in [0.15, 0.2) is 0 Å². The zero-order chi connectivity index (χ0) is 17.6. The fourth-order valence-electron chi connectivity index (χ4n) is 3.22. The van der Waals surface area contributed by atoms with Gasteiger partial charge < -0.3 is 15.5 Å². The molecule has 8 heteroatoms. The third-order valence-electron chi connectivity index (χ3n) is 4.53. The van der Waals surface area contributed by atoms with Crippen molar-refractivity contribution < 1.29 is 4.79 Å². The van der Waals surface area contributed by atoms with Crippen molar-refractivity contribution in [2.75, 3.05) is 31.5 Å². The summed E-state index contributed by atoms with van der Waals surface area (Å²) in [5.74, 6) is 0.845. The SMILES string of the molecule is Cc1cc(NCCNCC(=O)N2CCC[C@H]2C#N)nc2ccccc12.Cl.Cl. The van der Waals surface area contributed by atoms with E-state index < -0.39 is 0 Å². The summed E-state index contributed by atoms with van der Waals surface area (Å²) in [7, 11) is 0. The number of likely N-dealkylation sites (tertiary alicyclic amines) is 1. The number of rotatable bonds is 6. The number of hydrogen-bond acceptors (Lipinski definition) is 5. The molecule has 1 fully saturated rings. The molecule has 0 saturated carbocycles. The first-order chi connectivity index (χ1) is 12.2. The van der Waals surface area contributed by atoms with Gasteiger partial charge in [0.05, 0.1) is 18.1 Å². The van der Waals surface area contributed by atoms with Crippen LogP contribution in [0.4, 0.5) is 5.82 Å². The van der Waals surface area contributed by atoms with Crippen LogP contribution in [0.2, 0.25) is 0 Å². The van der Waals surface area contributed by atoms with E-state index in [0.717, 1.165) is 29.6 Å². The highest BCUT2D eigenvalue weighted by Crippen LogP contribution is 2.19.